The highest BCUT2D eigenvalue weighted by atomic mass is 16.6. The number of fused-ring (bicyclic) bond motifs is 6. The van der Waals surface area contributed by atoms with E-state index in [4.69, 9.17) is 19.2 Å². The minimum absolute atomic E-state index is 0.103. The maximum atomic E-state index is 13.7. The Balaban J connectivity index is 1.58. The zero-order chi connectivity index (χ0) is 26.6. The molecule has 2 N–H and O–H groups in total. The van der Waals surface area contributed by atoms with E-state index in [1.807, 2.05) is 19.2 Å². The lowest BCUT2D eigenvalue weighted by atomic mass is 9.86. The number of cyclic esters (lactones) is 1. The Morgan fingerprint density at radius 3 is 2.58 bits per heavy atom. The predicted octanol–water partition coefficient (Wildman–Crippen LogP) is 1.89. The third-order valence-corrected chi connectivity index (χ3v) is 7.98. The third kappa shape index (κ3) is 3.70. The van der Waals surface area contributed by atoms with Crippen molar-refractivity contribution >= 4 is 16.9 Å². The highest BCUT2D eigenvalue weighted by Gasteiger charge is 2.45. The van der Waals surface area contributed by atoms with Crippen molar-refractivity contribution in [2.24, 2.45) is 0 Å². The van der Waals surface area contributed by atoms with Gasteiger partial charge in [-0.15, -0.1) is 0 Å². The molecule has 0 aliphatic carbocycles. The van der Waals surface area contributed by atoms with Crippen LogP contribution in [0.1, 0.15) is 42.5 Å². The Bertz CT molecular complexity index is 1520. The molecule has 0 saturated carbocycles. The second-order valence-electron chi connectivity index (χ2n) is 10.0. The van der Waals surface area contributed by atoms with E-state index in [0.29, 0.717) is 60.3 Å². The van der Waals surface area contributed by atoms with Crippen LogP contribution in [0, 0.1) is 0 Å². The van der Waals surface area contributed by atoms with Crippen molar-refractivity contribution in [1.82, 2.24) is 19.8 Å². The first-order valence-electron chi connectivity index (χ1n) is 13.2. The van der Waals surface area contributed by atoms with E-state index in [1.165, 1.54) is 0 Å². The highest BCUT2D eigenvalue weighted by molar-refractivity contribution is 5.91. The molecule has 0 amide bonds. The van der Waals surface area contributed by atoms with Gasteiger partial charge in [0.2, 0.25) is 0 Å². The van der Waals surface area contributed by atoms with Crippen LogP contribution in [-0.4, -0.2) is 65.4 Å². The number of rotatable bonds is 7. The van der Waals surface area contributed by atoms with Crippen molar-refractivity contribution in [3.63, 3.8) is 0 Å². The second-order valence-corrected chi connectivity index (χ2v) is 10.0. The molecule has 5 heterocycles. The number of aliphatic hydroxyl groups is 1. The Morgan fingerprint density at radius 2 is 1.87 bits per heavy atom. The van der Waals surface area contributed by atoms with Gasteiger partial charge in [-0.2, -0.15) is 0 Å². The first-order chi connectivity index (χ1) is 18.4. The summed E-state index contributed by atoms with van der Waals surface area (Å²) in [7, 11) is 1.94. The smallest absolute Gasteiger partial charge is 0.343 e. The second kappa shape index (κ2) is 9.37. The van der Waals surface area contributed by atoms with E-state index in [1.54, 1.807) is 17.6 Å². The summed E-state index contributed by atoms with van der Waals surface area (Å²) in [5.41, 5.74) is 2.58. The molecule has 200 valence electrons. The summed E-state index contributed by atoms with van der Waals surface area (Å²) in [6.45, 7) is 8.24. The molecule has 0 bridgehead atoms. The molecule has 3 aromatic rings. The van der Waals surface area contributed by atoms with Gasteiger partial charge >= 0.3 is 5.97 Å². The van der Waals surface area contributed by atoms with E-state index in [-0.39, 0.29) is 18.6 Å². The van der Waals surface area contributed by atoms with Crippen LogP contribution in [0.3, 0.4) is 0 Å². The van der Waals surface area contributed by atoms with Gasteiger partial charge in [-0.1, -0.05) is 13.8 Å². The lowest BCUT2D eigenvalue weighted by molar-refractivity contribution is -0.172. The number of hydrogen-bond acceptors (Lipinski definition) is 9. The molecule has 0 radical (unpaired) electrons. The van der Waals surface area contributed by atoms with Crippen LogP contribution < -0.4 is 20.3 Å². The Labute approximate surface area is 220 Å². The van der Waals surface area contributed by atoms with Gasteiger partial charge in [0.25, 0.3) is 5.56 Å². The fourth-order valence-electron chi connectivity index (χ4n) is 5.72. The Morgan fingerprint density at radius 1 is 1.11 bits per heavy atom. The topological polar surface area (TPSA) is 115 Å². The van der Waals surface area contributed by atoms with Crippen LogP contribution in [-0.2, 0) is 34.8 Å². The van der Waals surface area contributed by atoms with Crippen molar-refractivity contribution < 1.29 is 24.1 Å². The fourth-order valence-corrected chi connectivity index (χ4v) is 5.72. The zero-order valence-electron chi connectivity index (χ0n) is 21.9. The quantitative estimate of drug-likeness (QED) is 0.353. The first-order valence-corrected chi connectivity index (χ1v) is 13.2. The number of benzene rings is 1. The number of nitrogens with zero attached hydrogens (tertiary/aromatic N) is 3. The predicted molar refractivity (Wildman–Crippen MR) is 140 cm³/mol. The summed E-state index contributed by atoms with van der Waals surface area (Å²) in [5, 5.41) is 15.4. The molecule has 3 aliphatic rings. The van der Waals surface area contributed by atoms with Gasteiger partial charge < -0.3 is 29.2 Å². The van der Waals surface area contributed by atoms with Crippen LogP contribution in [0.4, 0.5) is 0 Å². The summed E-state index contributed by atoms with van der Waals surface area (Å²) in [6, 6.07) is 5.65. The number of carbonyl (C=O) groups excluding carboxylic acids is 1. The number of hydrogen-bond donors (Lipinski definition) is 2. The van der Waals surface area contributed by atoms with E-state index in [2.05, 4.69) is 17.1 Å². The van der Waals surface area contributed by atoms with Gasteiger partial charge in [-0.05, 0) is 37.7 Å². The number of likely N-dealkylation sites (N-methyl/N-ethyl adjacent to an activating group) is 2. The summed E-state index contributed by atoms with van der Waals surface area (Å²) < 4.78 is 18.6. The van der Waals surface area contributed by atoms with Crippen molar-refractivity contribution in [3.8, 4) is 22.9 Å². The summed E-state index contributed by atoms with van der Waals surface area (Å²) >= 11 is 0. The number of pyridine rings is 2. The van der Waals surface area contributed by atoms with E-state index in [0.717, 1.165) is 41.7 Å². The van der Waals surface area contributed by atoms with Gasteiger partial charge in [-0.3, -0.25) is 9.69 Å². The van der Waals surface area contributed by atoms with Gasteiger partial charge in [0.05, 0.1) is 29.0 Å². The minimum atomic E-state index is -1.86. The van der Waals surface area contributed by atoms with Crippen LogP contribution >= 0.6 is 0 Å². The molecule has 1 aromatic carbocycles. The lowest BCUT2D eigenvalue weighted by Crippen LogP contribution is -2.44. The maximum Gasteiger partial charge on any atom is 0.343 e. The van der Waals surface area contributed by atoms with Crippen molar-refractivity contribution in [3.05, 3.63) is 50.8 Å². The highest BCUT2D eigenvalue weighted by Crippen LogP contribution is 2.43. The molecule has 10 heteroatoms. The van der Waals surface area contributed by atoms with E-state index >= 15 is 0 Å². The number of carbonyl (C=O) groups is 1. The van der Waals surface area contributed by atoms with Gasteiger partial charge in [0, 0.05) is 42.2 Å². The van der Waals surface area contributed by atoms with E-state index < -0.39 is 11.6 Å². The summed E-state index contributed by atoms with van der Waals surface area (Å²) in [5.74, 6) is 0.611. The monoisotopic (exact) mass is 520 g/mol. The molecule has 0 spiro atoms. The standard InChI is InChI=1S/C28H32N4O6/c1-4-28(35)20-11-22-25-18(14-32(22)26(33)19(20)15-38-27(28)34)17(13-31(5-2)7-6-29-3)16-10-23-24(12-21(16)30-25)37-9-8-36-23/h10-12,29,35H,4-9,13-15H2,1-3H3. The van der Waals surface area contributed by atoms with Crippen molar-refractivity contribution in [1.29, 1.82) is 0 Å². The van der Waals surface area contributed by atoms with Crippen LogP contribution in [0.2, 0.25) is 0 Å². The first kappa shape index (κ1) is 24.8. The third-order valence-electron chi connectivity index (χ3n) is 7.98. The molecule has 6 rings (SSSR count). The van der Waals surface area contributed by atoms with Crippen molar-refractivity contribution in [2.75, 3.05) is 39.9 Å². The SMILES string of the molecule is CCN(CCNC)Cc1c2c(nc3cc4c(cc13)OCCO4)-c1cc3c(c(=O)n1C2)COC(=O)C3(O)CC. The lowest BCUT2D eigenvalue weighted by Gasteiger charge is -2.31. The zero-order valence-corrected chi connectivity index (χ0v) is 21.9. The molecule has 10 nitrogen and oxygen atoms in total. The molecule has 2 aromatic heterocycles. The van der Waals surface area contributed by atoms with Gasteiger partial charge in [-0.25, -0.2) is 9.78 Å². The van der Waals surface area contributed by atoms with E-state index in [9.17, 15) is 14.7 Å². The average molecular weight is 521 g/mol. The summed E-state index contributed by atoms with van der Waals surface area (Å²) in [6.07, 6.45) is 0.103. The maximum absolute atomic E-state index is 13.7. The minimum Gasteiger partial charge on any atom is -0.486 e. The largest absolute Gasteiger partial charge is 0.486 e. The number of nitrogens with one attached hydrogen (secondary N) is 1. The molecule has 0 saturated heterocycles. The molecule has 1 atom stereocenters. The van der Waals surface area contributed by atoms with Gasteiger partial charge in [0.1, 0.15) is 19.8 Å². The average Bonchev–Trinajstić information content (AvgIpc) is 3.30. The molecule has 1 unspecified atom stereocenters. The molecule has 3 aliphatic heterocycles. The molecule has 0 fully saturated rings. The normalized spacial score (nSPS) is 19.3. The van der Waals surface area contributed by atoms with Crippen LogP contribution in [0.5, 0.6) is 11.5 Å². The number of esters is 1. The Hall–Kier alpha value is -3.47. The fraction of sp³-hybridized carbons (Fsp3) is 0.464. The molecular formula is C28H32N4O6. The van der Waals surface area contributed by atoms with Gasteiger partial charge in [0.15, 0.2) is 17.1 Å². The number of ether oxygens (including phenoxy) is 3. The van der Waals surface area contributed by atoms with Crippen molar-refractivity contribution in [2.45, 2.75) is 45.6 Å². The number of aromatic nitrogens is 2. The Kier molecular flexibility index (Phi) is 6.13. The van der Waals surface area contributed by atoms with Crippen LogP contribution in [0.15, 0.2) is 23.0 Å². The molecule has 38 heavy (non-hydrogen) atoms. The molecular weight excluding hydrogens is 488 g/mol. The summed E-state index contributed by atoms with van der Waals surface area (Å²) in [4.78, 5) is 33.6. The van der Waals surface area contributed by atoms with Crippen LogP contribution in [0.25, 0.3) is 22.3 Å².